The molecule has 39 heavy (non-hydrogen) atoms. The van der Waals surface area contributed by atoms with Crippen molar-refractivity contribution in [3.63, 3.8) is 0 Å². The predicted molar refractivity (Wildman–Crippen MR) is 156 cm³/mol. The summed E-state index contributed by atoms with van der Waals surface area (Å²) >= 11 is 0. The van der Waals surface area contributed by atoms with Crippen molar-refractivity contribution in [3.05, 3.63) is 70.6 Å². The molecule has 6 heteroatoms. The first-order valence-electron chi connectivity index (χ1n) is 14.4. The molecule has 0 aliphatic carbocycles. The van der Waals surface area contributed by atoms with Gasteiger partial charge in [-0.2, -0.15) is 0 Å². The third-order valence-corrected chi connectivity index (χ3v) is 7.92. The van der Waals surface area contributed by atoms with Gasteiger partial charge in [-0.05, 0) is 110 Å². The first-order chi connectivity index (χ1) is 18.5. The van der Waals surface area contributed by atoms with Gasteiger partial charge in [0.1, 0.15) is 29.5 Å². The number of nitrogens with zero attached hydrogens (tertiary/aromatic N) is 2. The second kappa shape index (κ2) is 12.8. The first kappa shape index (κ1) is 29.6. The molecule has 3 atom stereocenters. The standard InChI is InChI=1S/C33H47FN2O3/c1-23(2)15-18-37-30-20-28-31(39-33(4,5)29-14-9-24(3)38-32(28)29)19-26(30)22-36(17-8-16-35(6)7)21-25-10-12-27(34)13-11-25/h10-13,15,19-20,24,29,32H,8-9,14,16-18,21-22H2,1-7H3/t24-,29-,32+/m0/s1. The van der Waals surface area contributed by atoms with Crippen LogP contribution in [0.3, 0.4) is 0 Å². The Hall–Kier alpha value is -2.41. The topological polar surface area (TPSA) is 34.2 Å². The second-order valence-electron chi connectivity index (χ2n) is 12.3. The summed E-state index contributed by atoms with van der Waals surface area (Å²) in [5, 5.41) is 0. The third kappa shape index (κ3) is 7.84. The van der Waals surface area contributed by atoms with Crippen LogP contribution in [0.2, 0.25) is 0 Å². The van der Waals surface area contributed by atoms with Gasteiger partial charge in [-0.15, -0.1) is 0 Å². The molecule has 0 aromatic heterocycles. The van der Waals surface area contributed by atoms with Gasteiger partial charge < -0.3 is 19.1 Å². The van der Waals surface area contributed by atoms with Crippen molar-refractivity contribution < 1.29 is 18.6 Å². The molecule has 2 aliphatic rings. The zero-order chi connectivity index (χ0) is 28.2. The summed E-state index contributed by atoms with van der Waals surface area (Å²) < 4.78 is 33.2. The molecule has 0 bridgehead atoms. The van der Waals surface area contributed by atoms with Gasteiger partial charge in [0.05, 0.1) is 12.2 Å². The van der Waals surface area contributed by atoms with Crippen LogP contribution < -0.4 is 9.47 Å². The van der Waals surface area contributed by atoms with Gasteiger partial charge in [0.15, 0.2) is 0 Å². The maximum atomic E-state index is 13.6. The SMILES string of the molecule is CC(C)=CCOc1cc2c(cc1CN(CCCN(C)C)Cc1ccc(F)cc1)OC(C)(C)[C@H]1CC[C@H](C)O[C@H]21. The van der Waals surface area contributed by atoms with Crippen LogP contribution in [0.5, 0.6) is 11.5 Å². The summed E-state index contributed by atoms with van der Waals surface area (Å²) in [5.41, 5.74) is 4.21. The van der Waals surface area contributed by atoms with Crippen LogP contribution in [0, 0.1) is 11.7 Å². The Balaban J connectivity index is 1.67. The summed E-state index contributed by atoms with van der Waals surface area (Å²) in [5.74, 6) is 1.88. The van der Waals surface area contributed by atoms with Crippen molar-refractivity contribution in [2.45, 2.75) is 84.8 Å². The Morgan fingerprint density at radius 1 is 1.08 bits per heavy atom. The van der Waals surface area contributed by atoms with E-state index >= 15 is 0 Å². The minimum Gasteiger partial charge on any atom is -0.489 e. The summed E-state index contributed by atoms with van der Waals surface area (Å²) in [6, 6.07) is 11.2. The zero-order valence-electron chi connectivity index (χ0n) is 24.9. The van der Waals surface area contributed by atoms with Crippen LogP contribution in [0.15, 0.2) is 48.0 Å². The minimum absolute atomic E-state index is 0.00256. The fraction of sp³-hybridized carbons (Fsp3) is 0.576. The number of benzene rings is 2. The van der Waals surface area contributed by atoms with Crippen molar-refractivity contribution in [2.75, 3.05) is 33.8 Å². The maximum absolute atomic E-state index is 13.6. The van der Waals surface area contributed by atoms with Crippen LogP contribution in [0.25, 0.3) is 0 Å². The summed E-state index contributed by atoms with van der Waals surface area (Å²) in [4.78, 5) is 4.63. The monoisotopic (exact) mass is 538 g/mol. The van der Waals surface area contributed by atoms with Crippen molar-refractivity contribution in [2.24, 2.45) is 5.92 Å². The molecule has 0 unspecified atom stereocenters. The fourth-order valence-corrected chi connectivity index (χ4v) is 5.74. The first-order valence-corrected chi connectivity index (χ1v) is 14.4. The van der Waals surface area contributed by atoms with E-state index in [1.165, 1.54) is 17.7 Å². The van der Waals surface area contributed by atoms with Gasteiger partial charge in [0.25, 0.3) is 0 Å². The summed E-state index contributed by atoms with van der Waals surface area (Å²) in [6.45, 7) is 14.6. The molecule has 0 spiro atoms. The lowest BCUT2D eigenvalue weighted by Crippen LogP contribution is -2.48. The summed E-state index contributed by atoms with van der Waals surface area (Å²) in [7, 11) is 4.20. The molecule has 1 saturated heterocycles. The second-order valence-corrected chi connectivity index (χ2v) is 12.3. The van der Waals surface area contributed by atoms with E-state index < -0.39 is 0 Å². The molecule has 0 amide bonds. The molecule has 0 N–H and O–H groups in total. The highest BCUT2D eigenvalue weighted by molar-refractivity contribution is 5.50. The molecule has 0 saturated carbocycles. The van der Waals surface area contributed by atoms with E-state index in [0.29, 0.717) is 19.1 Å². The average molecular weight is 539 g/mol. The largest absolute Gasteiger partial charge is 0.489 e. The quantitative estimate of drug-likeness (QED) is 0.284. The van der Waals surface area contributed by atoms with Crippen LogP contribution in [0.4, 0.5) is 4.39 Å². The van der Waals surface area contributed by atoms with Crippen molar-refractivity contribution in [3.8, 4) is 11.5 Å². The van der Waals surface area contributed by atoms with Crippen LogP contribution >= 0.6 is 0 Å². The number of hydrogen-bond acceptors (Lipinski definition) is 5. The Morgan fingerprint density at radius 2 is 1.82 bits per heavy atom. The number of fused-ring (bicyclic) bond motifs is 3. The predicted octanol–water partition coefficient (Wildman–Crippen LogP) is 7.15. The Bertz CT molecular complexity index is 1120. The van der Waals surface area contributed by atoms with Crippen molar-refractivity contribution >= 4 is 0 Å². The molecular formula is C33H47FN2O3. The number of ether oxygens (including phenoxy) is 3. The minimum atomic E-state index is -0.307. The molecular weight excluding hydrogens is 491 g/mol. The molecule has 2 aromatic carbocycles. The van der Waals surface area contributed by atoms with E-state index in [4.69, 9.17) is 14.2 Å². The molecule has 5 nitrogen and oxygen atoms in total. The van der Waals surface area contributed by atoms with Crippen LogP contribution in [0.1, 0.15) is 76.7 Å². The lowest BCUT2D eigenvalue weighted by molar-refractivity contribution is -0.144. The van der Waals surface area contributed by atoms with Crippen LogP contribution in [-0.2, 0) is 17.8 Å². The van der Waals surface area contributed by atoms with E-state index in [2.05, 4.69) is 76.7 Å². The highest BCUT2D eigenvalue weighted by atomic mass is 19.1. The highest BCUT2D eigenvalue weighted by Crippen LogP contribution is 2.52. The highest BCUT2D eigenvalue weighted by Gasteiger charge is 2.47. The molecule has 2 heterocycles. The normalized spacial score (nSPS) is 21.7. The number of halogens is 1. The molecule has 0 radical (unpaired) electrons. The van der Waals surface area contributed by atoms with Gasteiger partial charge in [-0.3, -0.25) is 4.90 Å². The molecule has 1 fully saturated rings. The van der Waals surface area contributed by atoms with Crippen LogP contribution in [-0.4, -0.2) is 55.3 Å². The maximum Gasteiger partial charge on any atom is 0.126 e. The van der Waals surface area contributed by atoms with Gasteiger partial charge in [-0.25, -0.2) is 4.39 Å². The Labute approximate surface area is 234 Å². The third-order valence-electron chi connectivity index (χ3n) is 7.92. The van der Waals surface area contributed by atoms with E-state index in [9.17, 15) is 4.39 Å². The van der Waals surface area contributed by atoms with Crippen molar-refractivity contribution in [1.29, 1.82) is 0 Å². The lowest BCUT2D eigenvalue weighted by atomic mass is 9.75. The van der Waals surface area contributed by atoms with E-state index in [-0.39, 0.29) is 23.6 Å². The van der Waals surface area contributed by atoms with Gasteiger partial charge in [-0.1, -0.05) is 17.7 Å². The van der Waals surface area contributed by atoms with E-state index in [1.807, 2.05) is 12.1 Å². The Kier molecular flexibility index (Phi) is 9.73. The Morgan fingerprint density at radius 3 is 2.51 bits per heavy atom. The molecule has 4 rings (SSSR count). The molecule has 2 aromatic rings. The number of rotatable bonds is 11. The van der Waals surface area contributed by atoms with E-state index in [0.717, 1.165) is 67.1 Å². The summed E-state index contributed by atoms with van der Waals surface area (Å²) in [6.07, 6.45) is 5.51. The van der Waals surface area contributed by atoms with E-state index in [1.54, 1.807) is 0 Å². The number of hydrogen-bond donors (Lipinski definition) is 0. The smallest absolute Gasteiger partial charge is 0.126 e. The molecule has 2 aliphatic heterocycles. The van der Waals surface area contributed by atoms with Gasteiger partial charge in [0.2, 0.25) is 0 Å². The zero-order valence-corrected chi connectivity index (χ0v) is 24.9. The van der Waals surface area contributed by atoms with Gasteiger partial charge in [0, 0.05) is 36.7 Å². The molecule has 214 valence electrons. The van der Waals surface area contributed by atoms with Crippen molar-refractivity contribution in [1.82, 2.24) is 9.80 Å². The number of allylic oxidation sites excluding steroid dienone is 1. The van der Waals surface area contributed by atoms with Gasteiger partial charge >= 0.3 is 0 Å². The lowest BCUT2D eigenvalue weighted by Gasteiger charge is -2.48. The average Bonchev–Trinajstić information content (AvgIpc) is 2.85. The fourth-order valence-electron chi connectivity index (χ4n) is 5.74.